The first-order chi connectivity index (χ1) is 10.7. The van der Waals surface area contributed by atoms with Gasteiger partial charge in [-0.05, 0) is 37.5 Å². The Bertz CT molecular complexity index is 553. The summed E-state index contributed by atoms with van der Waals surface area (Å²) in [6.45, 7) is 0.760. The van der Waals surface area contributed by atoms with Crippen LogP contribution >= 0.6 is 0 Å². The summed E-state index contributed by atoms with van der Waals surface area (Å²) in [5, 5.41) is 5.91. The molecule has 1 aromatic carbocycles. The topological polar surface area (TPSA) is 61.4 Å². The van der Waals surface area contributed by atoms with Crippen molar-refractivity contribution >= 4 is 23.3 Å². The lowest BCUT2D eigenvalue weighted by molar-refractivity contribution is -0.117. The van der Waals surface area contributed by atoms with Gasteiger partial charge in [-0.1, -0.05) is 25.3 Å². The zero-order chi connectivity index (χ0) is 15.4. The van der Waals surface area contributed by atoms with Gasteiger partial charge in [0.05, 0.1) is 0 Å². The molecule has 0 unspecified atom stereocenters. The maximum absolute atomic E-state index is 12.1. The number of hydrogen-bond acceptors (Lipinski definition) is 2. The molecule has 1 aliphatic carbocycles. The average Bonchev–Trinajstić information content (AvgIpc) is 2.94. The normalized spacial score (nSPS) is 19.3. The highest BCUT2D eigenvalue weighted by Gasteiger charge is 2.22. The van der Waals surface area contributed by atoms with Gasteiger partial charge >= 0.3 is 6.03 Å². The molecule has 2 aliphatic rings. The number of urea groups is 1. The van der Waals surface area contributed by atoms with Gasteiger partial charge in [0.1, 0.15) is 0 Å². The molecule has 1 heterocycles. The van der Waals surface area contributed by atoms with E-state index in [4.69, 9.17) is 0 Å². The summed E-state index contributed by atoms with van der Waals surface area (Å²) in [6.07, 6.45) is 7.30. The standard InChI is InChI=1S/C17H23N3O2/c21-16-10-5-11-20(16)15-9-4-8-14(12-15)19-17(22)18-13-6-2-1-3-7-13/h4,8-9,12-13H,1-3,5-7,10-11H2,(H2,18,19,22). The monoisotopic (exact) mass is 301 g/mol. The van der Waals surface area contributed by atoms with Crippen LogP contribution in [0, 0.1) is 0 Å². The van der Waals surface area contributed by atoms with Gasteiger partial charge in [0.2, 0.25) is 5.91 Å². The van der Waals surface area contributed by atoms with Crippen LogP contribution in [-0.4, -0.2) is 24.5 Å². The number of nitrogens with one attached hydrogen (secondary N) is 2. The fraction of sp³-hybridized carbons (Fsp3) is 0.529. The molecule has 1 saturated carbocycles. The van der Waals surface area contributed by atoms with Gasteiger partial charge in [-0.3, -0.25) is 4.79 Å². The Balaban J connectivity index is 1.60. The third-order valence-corrected chi connectivity index (χ3v) is 4.43. The summed E-state index contributed by atoms with van der Waals surface area (Å²) in [5.74, 6) is 0.156. The minimum Gasteiger partial charge on any atom is -0.335 e. The summed E-state index contributed by atoms with van der Waals surface area (Å²) < 4.78 is 0. The second kappa shape index (κ2) is 6.81. The first-order valence-corrected chi connectivity index (χ1v) is 8.20. The minimum absolute atomic E-state index is 0.156. The van der Waals surface area contributed by atoms with E-state index in [1.165, 1.54) is 19.3 Å². The lowest BCUT2D eigenvalue weighted by Gasteiger charge is -2.23. The second-order valence-corrected chi connectivity index (χ2v) is 6.13. The molecule has 1 aliphatic heterocycles. The van der Waals surface area contributed by atoms with Crippen molar-refractivity contribution in [3.8, 4) is 0 Å². The van der Waals surface area contributed by atoms with E-state index >= 15 is 0 Å². The van der Waals surface area contributed by atoms with Crippen molar-refractivity contribution in [2.24, 2.45) is 0 Å². The van der Waals surface area contributed by atoms with E-state index in [0.29, 0.717) is 6.42 Å². The maximum atomic E-state index is 12.1. The largest absolute Gasteiger partial charge is 0.335 e. The van der Waals surface area contributed by atoms with Gasteiger partial charge < -0.3 is 15.5 Å². The fourth-order valence-corrected chi connectivity index (χ4v) is 3.27. The summed E-state index contributed by atoms with van der Waals surface area (Å²) in [6, 6.07) is 7.63. The Morgan fingerprint density at radius 2 is 1.95 bits per heavy atom. The van der Waals surface area contributed by atoms with E-state index in [1.54, 1.807) is 4.90 Å². The quantitative estimate of drug-likeness (QED) is 0.900. The highest BCUT2D eigenvalue weighted by atomic mass is 16.2. The molecule has 3 amide bonds. The first-order valence-electron chi connectivity index (χ1n) is 8.20. The Hall–Kier alpha value is -2.04. The highest BCUT2D eigenvalue weighted by molar-refractivity contribution is 5.96. The molecule has 22 heavy (non-hydrogen) atoms. The number of hydrogen-bond donors (Lipinski definition) is 2. The van der Waals surface area contributed by atoms with Gasteiger partial charge in [0.15, 0.2) is 0 Å². The Morgan fingerprint density at radius 3 is 2.68 bits per heavy atom. The lowest BCUT2D eigenvalue weighted by atomic mass is 9.96. The Kier molecular flexibility index (Phi) is 4.61. The first kappa shape index (κ1) is 14.9. The molecule has 0 atom stereocenters. The van der Waals surface area contributed by atoms with E-state index in [0.717, 1.165) is 37.2 Å². The number of nitrogens with zero attached hydrogens (tertiary/aromatic N) is 1. The van der Waals surface area contributed by atoms with E-state index in [1.807, 2.05) is 24.3 Å². The molecule has 0 spiro atoms. The summed E-state index contributed by atoms with van der Waals surface area (Å²) in [4.78, 5) is 25.7. The fourth-order valence-electron chi connectivity index (χ4n) is 3.27. The Labute approximate surface area is 131 Å². The molecule has 2 fully saturated rings. The van der Waals surface area contributed by atoms with Crippen LogP contribution in [-0.2, 0) is 4.79 Å². The SMILES string of the molecule is O=C(Nc1cccc(N2CCCC2=O)c1)NC1CCCCC1. The van der Waals surface area contributed by atoms with Gasteiger partial charge in [0.25, 0.3) is 0 Å². The molecule has 2 N–H and O–H groups in total. The number of rotatable bonds is 3. The van der Waals surface area contributed by atoms with Crippen molar-refractivity contribution in [3.63, 3.8) is 0 Å². The molecule has 0 aromatic heterocycles. The van der Waals surface area contributed by atoms with E-state index in [2.05, 4.69) is 10.6 Å². The molecule has 118 valence electrons. The third kappa shape index (κ3) is 3.59. The van der Waals surface area contributed by atoms with Crippen LogP contribution < -0.4 is 15.5 Å². The van der Waals surface area contributed by atoms with Gasteiger partial charge in [-0.25, -0.2) is 4.79 Å². The summed E-state index contributed by atoms with van der Waals surface area (Å²) in [7, 11) is 0. The third-order valence-electron chi connectivity index (χ3n) is 4.43. The summed E-state index contributed by atoms with van der Waals surface area (Å²) >= 11 is 0. The van der Waals surface area contributed by atoms with E-state index in [9.17, 15) is 9.59 Å². The van der Waals surface area contributed by atoms with Crippen molar-refractivity contribution in [1.82, 2.24) is 5.32 Å². The Morgan fingerprint density at radius 1 is 1.14 bits per heavy atom. The number of benzene rings is 1. The van der Waals surface area contributed by atoms with Gasteiger partial charge in [0, 0.05) is 30.4 Å². The molecule has 1 saturated heterocycles. The molecule has 5 heteroatoms. The lowest BCUT2D eigenvalue weighted by Crippen LogP contribution is -2.39. The highest BCUT2D eigenvalue weighted by Crippen LogP contribution is 2.24. The number of anilines is 2. The molecular weight excluding hydrogens is 278 g/mol. The maximum Gasteiger partial charge on any atom is 0.319 e. The van der Waals surface area contributed by atoms with Crippen molar-refractivity contribution < 1.29 is 9.59 Å². The molecule has 1 aromatic rings. The van der Waals surface area contributed by atoms with Crippen LogP contribution in [0.2, 0.25) is 0 Å². The van der Waals surface area contributed by atoms with Crippen LogP contribution in [0.3, 0.4) is 0 Å². The number of carbonyl (C=O) groups excluding carboxylic acids is 2. The molecule has 3 rings (SSSR count). The molecule has 5 nitrogen and oxygen atoms in total. The van der Waals surface area contributed by atoms with Crippen LogP contribution in [0.1, 0.15) is 44.9 Å². The predicted octanol–water partition coefficient (Wildman–Crippen LogP) is 3.27. The van der Waals surface area contributed by atoms with E-state index in [-0.39, 0.29) is 18.0 Å². The van der Waals surface area contributed by atoms with Crippen molar-refractivity contribution in [2.45, 2.75) is 51.0 Å². The van der Waals surface area contributed by atoms with Crippen molar-refractivity contribution in [1.29, 1.82) is 0 Å². The second-order valence-electron chi connectivity index (χ2n) is 6.13. The van der Waals surface area contributed by atoms with Gasteiger partial charge in [-0.2, -0.15) is 0 Å². The zero-order valence-electron chi connectivity index (χ0n) is 12.8. The van der Waals surface area contributed by atoms with Crippen molar-refractivity contribution in [2.75, 3.05) is 16.8 Å². The van der Waals surface area contributed by atoms with Crippen molar-refractivity contribution in [3.05, 3.63) is 24.3 Å². The number of amides is 3. The average molecular weight is 301 g/mol. The molecule has 0 radical (unpaired) electrons. The molecule has 0 bridgehead atoms. The van der Waals surface area contributed by atoms with Crippen LogP contribution in [0.4, 0.5) is 16.2 Å². The summed E-state index contributed by atoms with van der Waals surface area (Å²) in [5.41, 5.74) is 1.59. The van der Waals surface area contributed by atoms with Crippen LogP contribution in [0.5, 0.6) is 0 Å². The number of carbonyl (C=O) groups is 2. The van der Waals surface area contributed by atoms with Crippen LogP contribution in [0.25, 0.3) is 0 Å². The van der Waals surface area contributed by atoms with E-state index < -0.39 is 0 Å². The zero-order valence-corrected chi connectivity index (χ0v) is 12.8. The smallest absolute Gasteiger partial charge is 0.319 e. The minimum atomic E-state index is -0.156. The predicted molar refractivity (Wildman–Crippen MR) is 87.1 cm³/mol. The van der Waals surface area contributed by atoms with Crippen LogP contribution in [0.15, 0.2) is 24.3 Å². The van der Waals surface area contributed by atoms with Gasteiger partial charge in [-0.15, -0.1) is 0 Å². The molecular formula is C17H23N3O2.